The molecule has 0 aromatic carbocycles. The Labute approximate surface area is 129 Å². The molecule has 1 amide bonds. The van der Waals surface area contributed by atoms with Crippen LogP contribution in [0.3, 0.4) is 0 Å². The molecule has 3 aliphatic rings. The van der Waals surface area contributed by atoms with E-state index in [0.717, 1.165) is 49.7 Å². The number of aromatic nitrogens is 2. The maximum absolute atomic E-state index is 12.0. The first-order valence-corrected chi connectivity index (χ1v) is 8.96. The van der Waals surface area contributed by atoms with E-state index in [0.29, 0.717) is 17.9 Å². The number of nitrogens with zero attached hydrogens (tertiary/aromatic N) is 3. The number of carbonyl (C=O) groups is 1. The molecule has 0 unspecified atom stereocenters. The number of rotatable bonds is 4. The number of hydrogen-bond donors (Lipinski definition) is 1. The van der Waals surface area contributed by atoms with Gasteiger partial charge >= 0.3 is 0 Å². The van der Waals surface area contributed by atoms with Gasteiger partial charge in [-0.3, -0.25) is 4.79 Å². The van der Waals surface area contributed by atoms with E-state index in [2.05, 4.69) is 19.6 Å². The summed E-state index contributed by atoms with van der Waals surface area (Å²) in [4.78, 5) is 19.0. The van der Waals surface area contributed by atoms with Crippen LogP contribution in [0.4, 0.5) is 5.13 Å². The van der Waals surface area contributed by atoms with E-state index in [1.165, 1.54) is 30.8 Å². The molecule has 114 valence electrons. The Morgan fingerprint density at radius 3 is 2.52 bits per heavy atom. The largest absolute Gasteiger partial charge is 0.353 e. The molecule has 0 atom stereocenters. The van der Waals surface area contributed by atoms with Crippen LogP contribution < -0.4 is 10.2 Å². The first-order chi connectivity index (χ1) is 10.3. The number of nitrogens with one attached hydrogen (secondary N) is 1. The highest BCUT2D eigenvalue weighted by Gasteiger charge is 2.31. The van der Waals surface area contributed by atoms with E-state index >= 15 is 0 Å². The van der Waals surface area contributed by atoms with Gasteiger partial charge in [0.15, 0.2) is 0 Å². The topological polar surface area (TPSA) is 58.1 Å². The Balaban J connectivity index is 1.28. The summed E-state index contributed by atoms with van der Waals surface area (Å²) in [6.45, 7) is 1.96. The molecule has 1 aromatic heterocycles. The number of piperidine rings is 1. The van der Waals surface area contributed by atoms with Gasteiger partial charge < -0.3 is 10.2 Å². The van der Waals surface area contributed by atoms with Crippen LogP contribution in [0.25, 0.3) is 0 Å². The molecule has 3 fully saturated rings. The van der Waals surface area contributed by atoms with Gasteiger partial charge in [0.05, 0.1) is 0 Å². The second-order valence-electron chi connectivity index (χ2n) is 6.61. The second-order valence-corrected chi connectivity index (χ2v) is 7.34. The van der Waals surface area contributed by atoms with Crippen molar-refractivity contribution >= 4 is 22.6 Å². The Morgan fingerprint density at radius 2 is 1.90 bits per heavy atom. The second kappa shape index (κ2) is 5.55. The minimum Gasteiger partial charge on any atom is -0.353 e. The lowest BCUT2D eigenvalue weighted by atomic mass is 9.84. The predicted molar refractivity (Wildman–Crippen MR) is 82.6 cm³/mol. The molecule has 0 spiro atoms. The van der Waals surface area contributed by atoms with Crippen LogP contribution in [-0.2, 0) is 4.79 Å². The fourth-order valence-electron chi connectivity index (χ4n) is 3.07. The Morgan fingerprint density at radius 1 is 1.14 bits per heavy atom. The zero-order valence-corrected chi connectivity index (χ0v) is 13.1. The van der Waals surface area contributed by atoms with Gasteiger partial charge in [0.25, 0.3) is 0 Å². The summed E-state index contributed by atoms with van der Waals surface area (Å²) < 4.78 is 4.48. The molecule has 6 heteroatoms. The maximum Gasteiger partial charge on any atom is 0.223 e. The average molecular weight is 306 g/mol. The summed E-state index contributed by atoms with van der Waals surface area (Å²) in [7, 11) is 0. The van der Waals surface area contributed by atoms with E-state index in [9.17, 15) is 4.79 Å². The van der Waals surface area contributed by atoms with Crippen LogP contribution in [0.15, 0.2) is 0 Å². The molecule has 5 nitrogen and oxygen atoms in total. The predicted octanol–water partition coefficient (Wildman–Crippen LogP) is 2.30. The van der Waals surface area contributed by atoms with E-state index in [-0.39, 0.29) is 5.91 Å². The number of anilines is 1. The molecule has 1 saturated heterocycles. The zero-order valence-electron chi connectivity index (χ0n) is 12.3. The third-order valence-corrected chi connectivity index (χ3v) is 5.75. The van der Waals surface area contributed by atoms with E-state index in [1.54, 1.807) is 0 Å². The lowest BCUT2D eigenvalue weighted by molar-refractivity contribution is -0.128. The number of carbonyl (C=O) groups excluding carboxylic acids is 1. The normalized spacial score (nSPS) is 23.9. The molecule has 0 bridgehead atoms. The van der Waals surface area contributed by atoms with E-state index in [4.69, 9.17) is 0 Å². The summed E-state index contributed by atoms with van der Waals surface area (Å²) in [6.07, 6.45) is 7.94. The first-order valence-electron chi connectivity index (χ1n) is 8.18. The molecule has 21 heavy (non-hydrogen) atoms. The Bertz CT molecular complexity index is 515. The van der Waals surface area contributed by atoms with Gasteiger partial charge in [0.2, 0.25) is 11.0 Å². The van der Waals surface area contributed by atoms with Crippen molar-refractivity contribution in [2.45, 2.75) is 56.9 Å². The van der Waals surface area contributed by atoms with Gasteiger partial charge in [-0.25, -0.2) is 4.98 Å². The van der Waals surface area contributed by atoms with Crippen molar-refractivity contribution in [1.29, 1.82) is 0 Å². The molecule has 4 rings (SSSR count). The number of hydrogen-bond acceptors (Lipinski definition) is 5. The van der Waals surface area contributed by atoms with Crippen molar-refractivity contribution in [2.75, 3.05) is 18.0 Å². The monoisotopic (exact) mass is 306 g/mol. The van der Waals surface area contributed by atoms with Crippen LogP contribution in [0.2, 0.25) is 0 Å². The van der Waals surface area contributed by atoms with Gasteiger partial charge in [-0.2, -0.15) is 4.37 Å². The highest BCUT2D eigenvalue weighted by Crippen LogP contribution is 2.40. The minimum atomic E-state index is 0.284. The summed E-state index contributed by atoms with van der Waals surface area (Å²) in [6, 6.07) is 0.352. The summed E-state index contributed by atoms with van der Waals surface area (Å²) in [5.74, 6) is 2.27. The quantitative estimate of drug-likeness (QED) is 0.927. The van der Waals surface area contributed by atoms with Gasteiger partial charge in [-0.1, -0.05) is 6.42 Å². The first kappa shape index (κ1) is 13.5. The van der Waals surface area contributed by atoms with Crippen LogP contribution in [0.5, 0.6) is 0 Å². The Kier molecular flexibility index (Phi) is 3.57. The van der Waals surface area contributed by atoms with Crippen molar-refractivity contribution in [2.24, 2.45) is 5.92 Å². The standard InChI is InChI=1S/C15H22N4OS/c20-14(11-2-1-3-11)16-12-6-8-19(9-7-12)15-17-13(18-21-15)10-4-5-10/h10-12H,1-9H2,(H,16,20). The highest BCUT2D eigenvalue weighted by atomic mass is 32.1. The molecule has 0 radical (unpaired) electrons. The lowest BCUT2D eigenvalue weighted by Crippen LogP contribution is -2.47. The van der Waals surface area contributed by atoms with Gasteiger partial charge in [0, 0.05) is 42.5 Å². The van der Waals surface area contributed by atoms with Crippen molar-refractivity contribution < 1.29 is 4.79 Å². The summed E-state index contributed by atoms with van der Waals surface area (Å²) >= 11 is 1.53. The van der Waals surface area contributed by atoms with Crippen molar-refractivity contribution in [3.8, 4) is 0 Å². The summed E-state index contributed by atoms with van der Waals surface area (Å²) in [5, 5.41) is 4.30. The zero-order chi connectivity index (χ0) is 14.2. The molecular weight excluding hydrogens is 284 g/mol. The average Bonchev–Trinajstić information content (AvgIpc) is 3.16. The smallest absolute Gasteiger partial charge is 0.223 e. The molecular formula is C15H22N4OS. The summed E-state index contributed by atoms with van der Waals surface area (Å²) in [5.41, 5.74) is 0. The van der Waals surface area contributed by atoms with Crippen LogP contribution in [0.1, 0.15) is 56.7 Å². The maximum atomic E-state index is 12.0. The molecule has 1 aliphatic heterocycles. The number of amides is 1. The van der Waals surface area contributed by atoms with Gasteiger partial charge in [-0.15, -0.1) is 0 Å². The van der Waals surface area contributed by atoms with Crippen LogP contribution >= 0.6 is 11.5 Å². The lowest BCUT2D eigenvalue weighted by Gasteiger charge is -2.33. The van der Waals surface area contributed by atoms with E-state index < -0.39 is 0 Å². The SMILES string of the molecule is O=C(NC1CCN(c2nc(C3CC3)ns2)CC1)C1CCC1. The molecule has 2 heterocycles. The van der Waals surface area contributed by atoms with Gasteiger partial charge in [-0.05, 0) is 38.5 Å². The third kappa shape index (κ3) is 2.91. The van der Waals surface area contributed by atoms with Crippen molar-refractivity contribution in [3.05, 3.63) is 5.82 Å². The fourth-order valence-corrected chi connectivity index (χ4v) is 3.86. The third-order valence-electron chi connectivity index (χ3n) is 4.96. The van der Waals surface area contributed by atoms with Crippen LogP contribution in [0, 0.1) is 5.92 Å². The molecule has 2 saturated carbocycles. The van der Waals surface area contributed by atoms with Crippen LogP contribution in [-0.4, -0.2) is 34.4 Å². The van der Waals surface area contributed by atoms with Gasteiger partial charge in [0.1, 0.15) is 5.82 Å². The van der Waals surface area contributed by atoms with E-state index in [1.807, 2.05) is 0 Å². The minimum absolute atomic E-state index is 0.284. The molecule has 2 aliphatic carbocycles. The van der Waals surface area contributed by atoms with Crippen molar-refractivity contribution in [3.63, 3.8) is 0 Å². The molecule has 1 aromatic rings. The Hall–Kier alpha value is -1.17. The fraction of sp³-hybridized carbons (Fsp3) is 0.800. The van der Waals surface area contributed by atoms with Crippen molar-refractivity contribution in [1.82, 2.24) is 14.7 Å². The molecule has 1 N–H and O–H groups in total. The highest BCUT2D eigenvalue weighted by molar-refractivity contribution is 7.09.